The molecule has 0 saturated heterocycles. The summed E-state index contributed by atoms with van der Waals surface area (Å²) < 4.78 is 10.5. The van der Waals surface area contributed by atoms with Gasteiger partial charge in [0.2, 0.25) is 0 Å². The molecule has 0 unspecified atom stereocenters. The van der Waals surface area contributed by atoms with Crippen molar-refractivity contribution in [3.05, 3.63) is 30.1 Å². The molecule has 0 aliphatic heterocycles. The van der Waals surface area contributed by atoms with E-state index in [0.717, 1.165) is 5.56 Å². The minimum Gasteiger partial charge on any atom is -0.460 e. The van der Waals surface area contributed by atoms with E-state index in [9.17, 15) is 4.79 Å². The molecule has 0 amide bonds. The van der Waals surface area contributed by atoms with Crippen LogP contribution in [0.15, 0.2) is 24.5 Å². The number of esters is 1. The zero-order valence-corrected chi connectivity index (χ0v) is 10.6. The lowest BCUT2D eigenvalue weighted by Crippen LogP contribution is -2.24. The Morgan fingerprint density at radius 2 is 2.18 bits per heavy atom. The summed E-state index contributed by atoms with van der Waals surface area (Å²) in [6, 6.07) is 3.78. The van der Waals surface area contributed by atoms with E-state index in [0.29, 0.717) is 13.2 Å². The van der Waals surface area contributed by atoms with Gasteiger partial charge in [-0.2, -0.15) is 0 Å². The van der Waals surface area contributed by atoms with Gasteiger partial charge < -0.3 is 9.47 Å². The second kappa shape index (κ2) is 6.35. The minimum atomic E-state index is -0.430. The number of aromatic nitrogens is 1. The number of carbonyl (C=O) groups excluding carboxylic acids is 1. The normalized spacial score (nSPS) is 11.2. The smallest absolute Gasteiger partial charge is 0.308 e. The van der Waals surface area contributed by atoms with Crippen molar-refractivity contribution in [1.29, 1.82) is 0 Å². The third kappa shape index (κ3) is 6.68. The maximum Gasteiger partial charge on any atom is 0.308 e. The Labute approximate surface area is 102 Å². The standard InChI is InChI=1S/C13H19NO3/c1-13(2,3)17-12(15)6-8-16-10-11-5-4-7-14-9-11/h4-5,7,9H,6,8,10H2,1-3H3. The van der Waals surface area contributed by atoms with Gasteiger partial charge in [0.25, 0.3) is 0 Å². The van der Waals surface area contributed by atoms with Gasteiger partial charge in [-0.15, -0.1) is 0 Å². The van der Waals surface area contributed by atoms with Gasteiger partial charge in [-0.1, -0.05) is 6.07 Å². The SMILES string of the molecule is CC(C)(C)OC(=O)CCOCc1cccnc1. The topological polar surface area (TPSA) is 48.4 Å². The molecular formula is C13H19NO3. The summed E-state index contributed by atoms with van der Waals surface area (Å²) in [6.45, 7) is 6.38. The highest BCUT2D eigenvalue weighted by atomic mass is 16.6. The van der Waals surface area contributed by atoms with Crippen LogP contribution in [0.3, 0.4) is 0 Å². The van der Waals surface area contributed by atoms with Crippen molar-refractivity contribution < 1.29 is 14.3 Å². The number of hydrogen-bond donors (Lipinski definition) is 0. The number of rotatable bonds is 5. The molecule has 0 atom stereocenters. The number of hydrogen-bond acceptors (Lipinski definition) is 4. The number of ether oxygens (including phenoxy) is 2. The summed E-state index contributed by atoms with van der Waals surface area (Å²) >= 11 is 0. The molecule has 0 spiro atoms. The van der Waals surface area contributed by atoms with E-state index in [1.807, 2.05) is 32.9 Å². The van der Waals surface area contributed by atoms with Crippen molar-refractivity contribution in [2.75, 3.05) is 6.61 Å². The Balaban J connectivity index is 2.14. The van der Waals surface area contributed by atoms with Gasteiger partial charge in [-0.3, -0.25) is 9.78 Å². The maximum atomic E-state index is 11.4. The van der Waals surface area contributed by atoms with Crippen molar-refractivity contribution in [3.8, 4) is 0 Å². The van der Waals surface area contributed by atoms with Crippen LogP contribution in [-0.4, -0.2) is 23.2 Å². The fraction of sp³-hybridized carbons (Fsp3) is 0.538. The first-order valence-corrected chi connectivity index (χ1v) is 5.66. The molecule has 4 heteroatoms. The highest BCUT2D eigenvalue weighted by Gasteiger charge is 2.15. The van der Waals surface area contributed by atoms with Crippen LogP contribution in [0, 0.1) is 0 Å². The van der Waals surface area contributed by atoms with Crippen molar-refractivity contribution >= 4 is 5.97 Å². The first-order valence-electron chi connectivity index (χ1n) is 5.66. The van der Waals surface area contributed by atoms with Crippen LogP contribution in [0.25, 0.3) is 0 Å². The first-order chi connectivity index (χ1) is 7.97. The van der Waals surface area contributed by atoms with Crippen LogP contribution in [0.1, 0.15) is 32.8 Å². The van der Waals surface area contributed by atoms with Crippen molar-refractivity contribution in [2.24, 2.45) is 0 Å². The van der Waals surface area contributed by atoms with Gasteiger partial charge in [0.1, 0.15) is 5.60 Å². The van der Waals surface area contributed by atoms with E-state index in [1.165, 1.54) is 0 Å². The van der Waals surface area contributed by atoms with Crippen LogP contribution < -0.4 is 0 Å². The predicted octanol–water partition coefficient (Wildman–Crippen LogP) is 2.33. The molecule has 0 aliphatic carbocycles. The van der Waals surface area contributed by atoms with Gasteiger partial charge in [-0.25, -0.2) is 0 Å². The average Bonchev–Trinajstić information content (AvgIpc) is 2.23. The molecule has 0 saturated carbocycles. The fourth-order valence-electron chi connectivity index (χ4n) is 1.22. The second-order valence-corrected chi connectivity index (χ2v) is 4.75. The molecule has 0 aliphatic rings. The monoisotopic (exact) mass is 237 g/mol. The highest BCUT2D eigenvalue weighted by Crippen LogP contribution is 2.08. The summed E-state index contributed by atoms with van der Waals surface area (Å²) in [5.41, 5.74) is 0.567. The van der Waals surface area contributed by atoms with Crippen LogP contribution in [0.2, 0.25) is 0 Å². The Morgan fingerprint density at radius 1 is 1.41 bits per heavy atom. The molecule has 4 nitrogen and oxygen atoms in total. The zero-order chi connectivity index (χ0) is 12.7. The Hall–Kier alpha value is -1.42. The van der Waals surface area contributed by atoms with E-state index >= 15 is 0 Å². The Kier molecular flexibility index (Phi) is 5.10. The van der Waals surface area contributed by atoms with E-state index in [2.05, 4.69) is 4.98 Å². The summed E-state index contributed by atoms with van der Waals surface area (Å²) in [4.78, 5) is 15.3. The second-order valence-electron chi connectivity index (χ2n) is 4.75. The third-order valence-corrected chi connectivity index (χ3v) is 1.86. The van der Waals surface area contributed by atoms with Gasteiger partial charge in [0, 0.05) is 12.4 Å². The van der Waals surface area contributed by atoms with Crippen LogP contribution in [-0.2, 0) is 20.9 Å². The third-order valence-electron chi connectivity index (χ3n) is 1.86. The molecular weight excluding hydrogens is 218 g/mol. The predicted molar refractivity (Wildman–Crippen MR) is 64.4 cm³/mol. The molecule has 1 rings (SSSR count). The summed E-state index contributed by atoms with van der Waals surface area (Å²) in [5, 5.41) is 0. The van der Waals surface area contributed by atoms with Gasteiger partial charge in [0.15, 0.2) is 0 Å². The molecule has 0 fully saturated rings. The van der Waals surface area contributed by atoms with Crippen LogP contribution in [0.5, 0.6) is 0 Å². The number of carbonyl (C=O) groups is 1. The van der Waals surface area contributed by atoms with Crippen molar-refractivity contribution in [2.45, 2.75) is 39.4 Å². The lowest BCUT2D eigenvalue weighted by Gasteiger charge is -2.19. The molecule has 0 N–H and O–H groups in total. The van der Waals surface area contributed by atoms with Gasteiger partial charge >= 0.3 is 5.97 Å². The largest absolute Gasteiger partial charge is 0.460 e. The lowest BCUT2D eigenvalue weighted by atomic mass is 10.2. The average molecular weight is 237 g/mol. The van der Waals surface area contributed by atoms with Crippen molar-refractivity contribution in [1.82, 2.24) is 4.98 Å². The molecule has 0 bridgehead atoms. The molecule has 1 aromatic rings. The van der Waals surface area contributed by atoms with Crippen LogP contribution >= 0.6 is 0 Å². The fourth-order valence-corrected chi connectivity index (χ4v) is 1.22. The van der Waals surface area contributed by atoms with E-state index in [4.69, 9.17) is 9.47 Å². The van der Waals surface area contributed by atoms with Crippen LogP contribution in [0.4, 0.5) is 0 Å². The maximum absolute atomic E-state index is 11.4. The summed E-state index contributed by atoms with van der Waals surface area (Å²) in [7, 11) is 0. The molecule has 0 aromatic carbocycles. The van der Waals surface area contributed by atoms with E-state index in [-0.39, 0.29) is 12.4 Å². The molecule has 0 radical (unpaired) electrons. The zero-order valence-electron chi connectivity index (χ0n) is 10.6. The minimum absolute atomic E-state index is 0.233. The quantitative estimate of drug-likeness (QED) is 0.582. The first kappa shape index (κ1) is 13.6. The van der Waals surface area contributed by atoms with Gasteiger partial charge in [-0.05, 0) is 32.4 Å². The summed E-state index contributed by atoms with van der Waals surface area (Å²) in [5.74, 6) is -0.233. The van der Waals surface area contributed by atoms with E-state index in [1.54, 1.807) is 12.4 Å². The van der Waals surface area contributed by atoms with Crippen molar-refractivity contribution in [3.63, 3.8) is 0 Å². The molecule has 1 heterocycles. The number of pyridine rings is 1. The summed E-state index contributed by atoms with van der Waals surface area (Å²) in [6.07, 6.45) is 3.73. The molecule has 94 valence electrons. The lowest BCUT2D eigenvalue weighted by molar-refractivity contribution is -0.156. The Morgan fingerprint density at radius 3 is 2.76 bits per heavy atom. The number of nitrogens with zero attached hydrogens (tertiary/aromatic N) is 1. The Bertz CT molecular complexity index is 343. The molecule has 1 aromatic heterocycles. The van der Waals surface area contributed by atoms with E-state index < -0.39 is 5.60 Å². The highest BCUT2D eigenvalue weighted by molar-refractivity contribution is 5.69. The molecule has 17 heavy (non-hydrogen) atoms. The van der Waals surface area contributed by atoms with Gasteiger partial charge in [0.05, 0.1) is 19.6 Å².